The van der Waals surface area contributed by atoms with Crippen LogP contribution in [0.15, 0.2) is 0 Å². The van der Waals surface area contributed by atoms with Crippen molar-refractivity contribution < 1.29 is 19.1 Å². The molecule has 1 aliphatic heterocycles. The second kappa shape index (κ2) is 8.43. The average Bonchev–Trinajstić information content (AvgIpc) is 2.53. The van der Waals surface area contributed by atoms with Gasteiger partial charge in [-0.3, -0.25) is 4.79 Å². The first-order chi connectivity index (χ1) is 11.0. The molecule has 0 aromatic heterocycles. The molecule has 1 fully saturated rings. The molecule has 0 saturated carbocycles. The van der Waals surface area contributed by atoms with E-state index in [2.05, 4.69) is 41.5 Å². The van der Waals surface area contributed by atoms with E-state index in [1.807, 2.05) is 0 Å². The summed E-state index contributed by atoms with van der Waals surface area (Å²) in [7, 11) is -1.74. The topological polar surface area (TPSA) is 55.8 Å². The van der Waals surface area contributed by atoms with Gasteiger partial charge in [-0.2, -0.15) is 0 Å². The van der Waals surface area contributed by atoms with E-state index < -0.39 is 20.0 Å². The number of Topliss-reactive ketones (excluding diaryl/α,β-unsaturated/α-hetero) is 1. The molecule has 1 heterocycles. The van der Waals surface area contributed by atoms with Gasteiger partial charge in [0.1, 0.15) is 5.78 Å². The molecule has 0 bridgehead atoms. The molecule has 142 valence electrons. The quantitative estimate of drug-likeness (QED) is 0.655. The number of hydrogen-bond donors (Lipinski definition) is 1. The first kappa shape index (κ1) is 21.8. The number of hydrogen-bond acceptors (Lipinski definition) is 4. The average molecular weight is 359 g/mol. The maximum Gasteiger partial charge on any atom is 0.192 e. The van der Waals surface area contributed by atoms with Gasteiger partial charge in [0.2, 0.25) is 0 Å². The molecule has 1 saturated heterocycles. The maximum absolute atomic E-state index is 12.3. The van der Waals surface area contributed by atoms with E-state index in [0.717, 1.165) is 18.1 Å². The van der Waals surface area contributed by atoms with Gasteiger partial charge >= 0.3 is 0 Å². The van der Waals surface area contributed by atoms with E-state index in [1.165, 1.54) is 0 Å². The van der Waals surface area contributed by atoms with Gasteiger partial charge in [-0.1, -0.05) is 48.5 Å². The van der Waals surface area contributed by atoms with Crippen molar-refractivity contribution in [1.29, 1.82) is 0 Å². The highest BCUT2D eigenvalue weighted by Crippen LogP contribution is 2.37. The Balaban J connectivity index is 2.98. The molecule has 1 N–H and O–H groups in total. The fourth-order valence-corrected chi connectivity index (χ4v) is 6.83. The summed E-state index contributed by atoms with van der Waals surface area (Å²) in [5.74, 6) is -1.36. The van der Waals surface area contributed by atoms with Crippen LogP contribution < -0.4 is 0 Å². The molecule has 0 spiro atoms. The van der Waals surface area contributed by atoms with E-state index in [9.17, 15) is 9.90 Å². The van der Waals surface area contributed by atoms with Crippen molar-refractivity contribution in [3.05, 3.63) is 0 Å². The molecule has 4 nitrogen and oxygen atoms in total. The summed E-state index contributed by atoms with van der Waals surface area (Å²) in [6.07, 6.45) is 0.135. The Morgan fingerprint density at radius 2 is 1.75 bits per heavy atom. The Labute approximate surface area is 149 Å². The zero-order chi connectivity index (χ0) is 18.7. The minimum absolute atomic E-state index is 0.0542. The third kappa shape index (κ3) is 4.68. The van der Waals surface area contributed by atoms with Crippen molar-refractivity contribution in [3.8, 4) is 0 Å². The molecular weight excluding hydrogens is 320 g/mol. The molecule has 0 amide bonds. The molecule has 24 heavy (non-hydrogen) atoms. The van der Waals surface area contributed by atoms with Gasteiger partial charge in [0, 0.05) is 12.3 Å². The van der Waals surface area contributed by atoms with Crippen LogP contribution in [0.2, 0.25) is 18.1 Å². The minimum atomic E-state index is -1.74. The standard InChI is InChI=1S/C19H38O4Si/c1-9-24(10-2,11-3)23-18(13(4)5)14(6)17-12-16(20)15(7)19(8,21)22-17/h13-15,17-18,21H,9-12H2,1-8H3/t14-,15?,17?,18+,19?/m0/s1. The highest BCUT2D eigenvalue weighted by atomic mass is 28.4. The van der Waals surface area contributed by atoms with Crippen molar-refractivity contribution >= 4 is 14.1 Å². The third-order valence-corrected chi connectivity index (χ3v) is 10.8. The van der Waals surface area contributed by atoms with Gasteiger partial charge in [-0.15, -0.1) is 0 Å². The van der Waals surface area contributed by atoms with E-state index in [-0.39, 0.29) is 23.9 Å². The highest BCUT2D eigenvalue weighted by molar-refractivity contribution is 6.73. The lowest BCUT2D eigenvalue weighted by atomic mass is 9.82. The van der Waals surface area contributed by atoms with E-state index in [0.29, 0.717) is 12.3 Å². The number of rotatable bonds is 8. The smallest absolute Gasteiger partial charge is 0.192 e. The summed E-state index contributed by atoms with van der Waals surface area (Å²) < 4.78 is 12.7. The molecule has 3 unspecified atom stereocenters. The van der Waals surface area contributed by atoms with Crippen molar-refractivity contribution in [3.63, 3.8) is 0 Å². The van der Waals surface area contributed by atoms with E-state index >= 15 is 0 Å². The van der Waals surface area contributed by atoms with Crippen molar-refractivity contribution in [2.45, 2.75) is 97.9 Å². The predicted octanol–water partition coefficient (Wildman–Crippen LogP) is 4.37. The summed E-state index contributed by atoms with van der Waals surface area (Å²) in [4.78, 5) is 12.3. The number of carbonyl (C=O) groups is 1. The zero-order valence-corrected chi connectivity index (χ0v) is 17.9. The lowest BCUT2D eigenvalue weighted by Gasteiger charge is -2.45. The molecule has 0 aliphatic carbocycles. The minimum Gasteiger partial charge on any atom is -0.413 e. The van der Waals surface area contributed by atoms with Crippen LogP contribution in [0.25, 0.3) is 0 Å². The summed E-state index contributed by atoms with van der Waals surface area (Å²) >= 11 is 0. The number of ether oxygens (including phenoxy) is 1. The number of carbonyl (C=O) groups excluding carboxylic acids is 1. The Morgan fingerprint density at radius 3 is 2.12 bits per heavy atom. The first-order valence-electron chi connectivity index (χ1n) is 9.64. The van der Waals surface area contributed by atoms with Gasteiger partial charge in [0.05, 0.1) is 18.1 Å². The van der Waals surface area contributed by atoms with Crippen molar-refractivity contribution in [1.82, 2.24) is 0 Å². The first-order valence-corrected chi connectivity index (χ1v) is 12.2. The van der Waals surface area contributed by atoms with Gasteiger partial charge in [-0.25, -0.2) is 0 Å². The molecule has 0 aromatic rings. The van der Waals surface area contributed by atoms with Gasteiger partial charge < -0.3 is 14.3 Å². The van der Waals surface area contributed by atoms with Crippen LogP contribution in [-0.2, 0) is 14.0 Å². The summed E-state index contributed by atoms with van der Waals surface area (Å²) in [6, 6.07) is 3.32. The maximum atomic E-state index is 12.3. The lowest BCUT2D eigenvalue weighted by Crippen LogP contribution is -2.54. The number of aliphatic hydroxyl groups is 1. The van der Waals surface area contributed by atoms with Crippen LogP contribution in [0.3, 0.4) is 0 Å². The monoisotopic (exact) mass is 358 g/mol. The Bertz CT molecular complexity index is 409. The van der Waals surface area contributed by atoms with Gasteiger partial charge in [0.15, 0.2) is 14.1 Å². The summed E-state index contributed by atoms with van der Waals surface area (Å²) in [5, 5.41) is 10.4. The molecule has 0 radical (unpaired) electrons. The highest BCUT2D eigenvalue weighted by Gasteiger charge is 2.46. The van der Waals surface area contributed by atoms with Gasteiger partial charge in [-0.05, 0) is 31.0 Å². The second-order valence-corrected chi connectivity index (χ2v) is 12.8. The van der Waals surface area contributed by atoms with E-state index in [1.54, 1.807) is 13.8 Å². The fraction of sp³-hybridized carbons (Fsp3) is 0.947. The molecule has 5 atom stereocenters. The molecule has 1 rings (SSSR count). The zero-order valence-electron chi connectivity index (χ0n) is 16.9. The van der Waals surface area contributed by atoms with Crippen LogP contribution in [0, 0.1) is 17.8 Å². The molecule has 0 aromatic carbocycles. The Hall–Kier alpha value is -0.233. The van der Waals surface area contributed by atoms with Gasteiger partial charge in [0.25, 0.3) is 0 Å². The van der Waals surface area contributed by atoms with Crippen LogP contribution in [-0.4, -0.2) is 37.2 Å². The normalized spacial score (nSPS) is 31.3. The summed E-state index contributed by atoms with van der Waals surface area (Å²) in [5.41, 5.74) is 0. The Morgan fingerprint density at radius 1 is 1.25 bits per heavy atom. The van der Waals surface area contributed by atoms with Crippen LogP contribution in [0.4, 0.5) is 0 Å². The third-order valence-electron chi connectivity index (χ3n) is 6.16. The SMILES string of the molecule is CC[Si](CC)(CC)O[C@H](C(C)C)[C@@H](C)C1CC(=O)C(C)C(C)(O)O1. The predicted molar refractivity (Wildman–Crippen MR) is 100 cm³/mol. The largest absolute Gasteiger partial charge is 0.413 e. The molecule has 5 heteroatoms. The lowest BCUT2D eigenvalue weighted by molar-refractivity contribution is -0.269. The number of ketones is 1. The van der Waals surface area contributed by atoms with Crippen LogP contribution >= 0.6 is 0 Å². The Kier molecular flexibility index (Phi) is 7.66. The summed E-state index contributed by atoms with van der Waals surface area (Å²) in [6.45, 7) is 16.5. The van der Waals surface area contributed by atoms with Crippen LogP contribution in [0.1, 0.15) is 61.8 Å². The molecular formula is C19H38O4Si. The van der Waals surface area contributed by atoms with Crippen molar-refractivity contribution in [2.24, 2.45) is 17.8 Å². The fourth-order valence-electron chi connectivity index (χ4n) is 3.77. The second-order valence-electron chi connectivity index (χ2n) is 8.03. The van der Waals surface area contributed by atoms with Crippen molar-refractivity contribution in [2.75, 3.05) is 0 Å². The molecule has 1 aliphatic rings. The van der Waals surface area contributed by atoms with E-state index in [4.69, 9.17) is 9.16 Å². The van der Waals surface area contributed by atoms with Crippen LogP contribution in [0.5, 0.6) is 0 Å².